The molecule has 0 radical (unpaired) electrons. The molecule has 1 N–H and O–H groups in total. The van der Waals surface area contributed by atoms with Gasteiger partial charge in [0.1, 0.15) is 11.6 Å². The molecule has 0 heterocycles. The van der Waals surface area contributed by atoms with E-state index in [1.54, 1.807) is 24.3 Å². The number of amides is 1. The van der Waals surface area contributed by atoms with Crippen LogP contribution in [0.25, 0.3) is 0 Å². The van der Waals surface area contributed by atoms with E-state index in [1.165, 1.54) is 13.0 Å². The summed E-state index contributed by atoms with van der Waals surface area (Å²) in [6.07, 6.45) is 0. The molecule has 0 unspecified atom stereocenters. The summed E-state index contributed by atoms with van der Waals surface area (Å²) in [5.74, 6) is -2.19. The molecule has 0 fully saturated rings. The molecule has 0 saturated carbocycles. The van der Waals surface area contributed by atoms with Crippen molar-refractivity contribution in [2.24, 2.45) is 0 Å². The molecular weight excluding hydrogens is 274 g/mol. The van der Waals surface area contributed by atoms with Gasteiger partial charge in [0, 0.05) is 12.6 Å². The van der Waals surface area contributed by atoms with Gasteiger partial charge in [-0.3, -0.25) is 4.79 Å². The van der Waals surface area contributed by atoms with Crippen molar-refractivity contribution in [1.29, 1.82) is 5.26 Å². The van der Waals surface area contributed by atoms with Gasteiger partial charge in [0.25, 0.3) is 5.91 Å². The highest BCUT2D eigenvalue weighted by Crippen LogP contribution is 2.14. The summed E-state index contributed by atoms with van der Waals surface area (Å²) in [7, 11) is 0. The maximum Gasteiger partial charge on any atom is 0.254 e. The molecular formula is C16H12F2N2O. The predicted octanol–water partition coefficient (Wildman–Crippen LogP) is 3.07. The van der Waals surface area contributed by atoms with Crippen molar-refractivity contribution in [1.82, 2.24) is 5.32 Å². The van der Waals surface area contributed by atoms with Crippen molar-refractivity contribution >= 4 is 5.91 Å². The van der Waals surface area contributed by atoms with Crippen molar-refractivity contribution < 1.29 is 13.6 Å². The number of benzene rings is 2. The van der Waals surface area contributed by atoms with Crippen LogP contribution in [0.15, 0.2) is 36.4 Å². The minimum atomic E-state index is -0.893. The number of carbonyl (C=O) groups excluding carboxylic acids is 1. The van der Waals surface area contributed by atoms with E-state index in [4.69, 9.17) is 5.26 Å². The summed E-state index contributed by atoms with van der Waals surface area (Å²) in [5.41, 5.74) is 1.31. The van der Waals surface area contributed by atoms with Crippen LogP contribution >= 0.6 is 0 Å². The molecule has 3 nitrogen and oxygen atoms in total. The summed E-state index contributed by atoms with van der Waals surface area (Å²) in [4.78, 5) is 11.9. The topological polar surface area (TPSA) is 52.9 Å². The second-order valence-corrected chi connectivity index (χ2v) is 4.57. The zero-order valence-corrected chi connectivity index (χ0v) is 11.3. The number of hydrogen-bond donors (Lipinski definition) is 1. The Morgan fingerprint density at radius 2 is 1.86 bits per heavy atom. The Labute approximate surface area is 120 Å². The van der Waals surface area contributed by atoms with Crippen LogP contribution in [-0.4, -0.2) is 5.91 Å². The van der Waals surface area contributed by atoms with Gasteiger partial charge in [0.05, 0.1) is 17.2 Å². The van der Waals surface area contributed by atoms with Crippen LogP contribution in [0.3, 0.4) is 0 Å². The predicted molar refractivity (Wildman–Crippen MR) is 73.4 cm³/mol. The lowest BCUT2D eigenvalue weighted by Gasteiger charge is -2.08. The third-order valence-corrected chi connectivity index (χ3v) is 3.03. The van der Waals surface area contributed by atoms with Gasteiger partial charge in [-0.25, -0.2) is 8.78 Å². The van der Waals surface area contributed by atoms with E-state index in [1.807, 2.05) is 6.07 Å². The first-order valence-corrected chi connectivity index (χ1v) is 6.24. The Morgan fingerprint density at radius 1 is 1.19 bits per heavy atom. The van der Waals surface area contributed by atoms with Crippen molar-refractivity contribution in [2.75, 3.05) is 0 Å². The minimum Gasteiger partial charge on any atom is -0.348 e. The van der Waals surface area contributed by atoms with Crippen LogP contribution in [0, 0.1) is 29.9 Å². The summed E-state index contributed by atoms with van der Waals surface area (Å²) >= 11 is 0. The van der Waals surface area contributed by atoms with Gasteiger partial charge in [-0.15, -0.1) is 0 Å². The highest BCUT2D eigenvalue weighted by atomic mass is 19.1. The van der Waals surface area contributed by atoms with Crippen LogP contribution in [0.4, 0.5) is 8.78 Å². The molecule has 0 aliphatic rings. The lowest BCUT2D eigenvalue weighted by molar-refractivity contribution is 0.0946. The molecule has 21 heavy (non-hydrogen) atoms. The van der Waals surface area contributed by atoms with Crippen molar-refractivity contribution in [2.45, 2.75) is 13.5 Å². The van der Waals surface area contributed by atoms with Crippen molar-refractivity contribution in [3.8, 4) is 6.07 Å². The summed E-state index contributed by atoms with van der Waals surface area (Å²) < 4.78 is 26.7. The van der Waals surface area contributed by atoms with E-state index in [-0.39, 0.29) is 17.7 Å². The van der Waals surface area contributed by atoms with E-state index in [0.29, 0.717) is 11.6 Å². The van der Waals surface area contributed by atoms with Crippen LogP contribution in [0.5, 0.6) is 0 Å². The average molecular weight is 286 g/mol. The molecule has 1 amide bonds. The molecule has 0 aromatic heterocycles. The molecule has 0 aliphatic heterocycles. The Kier molecular flexibility index (Phi) is 4.29. The quantitative estimate of drug-likeness (QED) is 0.942. The number of rotatable bonds is 3. The molecule has 2 rings (SSSR count). The van der Waals surface area contributed by atoms with Crippen LogP contribution in [0.1, 0.15) is 27.0 Å². The number of nitrogens with zero attached hydrogens (tertiary/aromatic N) is 1. The molecule has 2 aromatic rings. The molecule has 0 saturated heterocycles. The normalized spacial score (nSPS) is 10.0. The largest absolute Gasteiger partial charge is 0.348 e. The van der Waals surface area contributed by atoms with Gasteiger partial charge in [0.15, 0.2) is 0 Å². The molecule has 5 heteroatoms. The second-order valence-electron chi connectivity index (χ2n) is 4.57. The second kappa shape index (κ2) is 6.14. The lowest BCUT2D eigenvalue weighted by atomic mass is 10.1. The number of hydrogen-bond acceptors (Lipinski definition) is 2. The van der Waals surface area contributed by atoms with E-state index in [0.717, 1.165) is 5.56 Å². The van der Waals surface area contributed by atoms with Gasteiger partial charge in [-0.05, 0) is 36.2 Å². The van der Waals surface area contributed by atoms with Gasteiger partial charge >= 0.3 is 0 Å². The fourth-order valence-corrected chi connectivity index (χ4v) is 1.81. The van der Waals surface area contributed by atoms with E-state index in [9.17, 15) is 13.6 Å². The molecule has 0 bridgehead atoms. The third-order valence-electron chi connectivity index (χ3n) is 3.03. The maximum atomic E-state index is 13.6. The van der Waals surface area contributed by atoms with Gasteiger partial charge in [-0.2, -0.15) is 5.26 Å². The number of carbonyl (C=O) groups is 1. The SMILES string of the molecule is Cc1cc(C(=O)NCc2ccc(C#N)cc2)c(F)cc1F. The van der Waals surface area contributed by atoms with E-state index in [2.05, 4.69) is 5.32 Å². The third kappa shape index (κ3) is 3.42. The average Bonchev–Trinajstić information content (AvgIpc) is 2.49. The smallest absolute Gasteiger partial charge is 0.254 e. The summed E-state index contributed by atoms with van der Waals surface area (Å²) in [6.45, 7) is 1.66. The molecule has 2 aromatic carbocycles. The first kappa shape index (κ1) is 14.7. The Morgan fingerprint density at radius 3 is 2.48 bits per heavy atom. The number of aryl methyl sites for hydroxylation is 1. The lowest BCUT2D eigenvalue weighted by Crippen LogP contribution is -2.24. The van der Waals surface area contributed by atoms with E-state index < -0.39 is 17.5 Å². The Balaban J connectivity index is 2.08. The zero-order valence-electron chi connectivity index (χ0n) is 11.3. The van der Waals surface area contributed by atoms with Crippen molar-refractivity contribution in [3.05, 3.63) is 70.3 Å². The maximum absolute atomic E-state index is 13.6. The highest BCUT2D eigenvalue weighted by Gasteiger charge is 2.14. The van der Waals surface area contributed by atoms with Gasteiger partial charge < -0.3 is 5.32 Å². The standard InChI is InChI=1S/C16H12F2N2O/c1-10-6-13(15(18)7-14(10)17)16(21)20-9-12-4-2-11(8-19)3-5-12/h2-7H,9H2,1H3,(H,20,21). The van der Waals surface area contributed by atoms with Crippen LogP contribution in [0.2, 0.25) is 0 Å². The van der Waals surface area contributed by atoms with Gasteiger partial charge in [-0.1, -0.05) is 12.1 Å². The van der Waals surface area contributed by atoms with Crippen LogP contribution in [-0.2, 0) is 6.54 Å². The fourth-order valence-electron chi connectivity index (χ4n) is 1.81. The Hall–Kier alpha value is -2.74. The van der Waals surface area contributed by atoms with Gasteiger partial charge in [0.2, 0.25) is 0 Å². The monoisotopic (exact) mass is 286 g/mol. The first-order chi connectivity index (χ1) is 10.0. The number of nitrogens with one attached hydrogen (secondary N) is 1. The van der Waals surface area contributed by atoms with E-state index >= 15 is 0 Å². The number of halogens is 2. The first-order valence-electron chi connectivity index (χ1n) is 6.24. The Bertz CT molecular complexity index is 718. The summed E-state index contributed by atoms with van der Waals surface area (Å²) in [5, 5.41) is 11.2. The highest BCUT2D eigenvalue weighted by molar-refractivity contribution is 5.94. The molecule has 106 valence electrons. The zero-order chi connectivity index (χ0) is 15.4. The number of nitriles is 1. The minimum absolute atomic E-state index is 0.192. The molecule has 0 atom stereocenters. The summed E-state index contributed by atoms with van der Waals surface area (Å²) in [6, 6.07) is 10.5. The molecule has 0 aliphatic carbocycles. The van der Waals surface area contributed by atoms with Crippen molar-refractivity contribution in [3.63, 3.8) is 0 Å². The fraction of sp³-hybridized carbons (Fsp3) is 0.125. The van der Waals surface area contributed by atoms with Crippen LogP contribution < -0.4 is 5.32 Å². The molecule has 0 spiro atoms.